The van der Waals surface area contributed by atoms with Crippen molar-refractivity contribution in [2.45, 2.75) is 0 Å². The number of halogens is 2. The molecule has 1 aromatic carbocycles. The van der Waals surface area contributed by atoms with Crippen molar-refractivity contribution < 1.29 is 28.9 Å². The minimum absolute atomic E-state index is 0.174. The summed E-state index contributed by atoms with van der Waals surface area (Å²) in [5.74, 6) is -5.44. The summed E-state index contributed by atoms with van der Waals surface area (Å²) in [5.41, 5.74) is -0.544. The second-order valence-corrected chi connectivity index (χ2v) is 3.59. The number of hydrogen-bond acceptors (Lipinski definition) is 4. The van der Waals surface area contributed by atoms with Crippen molar-refractivity contribution in [1.82, 2.24) is 0 Å². The monoisotopic (exact) mass is 292 g/mol. The fraction of sp³-hybridized carbons (Fsp3) is 0.111. The van der Waals surface area contributed by atoms with E-state index in [9.17, 15) is 19.1 Å². The second-order valence-electron chi connectivity index (χ2n) is 2.74. The summed E-state index contributed by atoms with van der Waals surface area (Å²) in [4.78, 5) is 21.6. The first-order valence-corrected chi connectivity index (χ1v) is 4.72. The van der Waals surface area contributed by atoms with Crippen LogP contribution in [0.4, 0.5) is 4.39 Å². The first-order valence-electron chi connectivity index (χ1n) is 3.92. The highest BCUT2D eigenvalue weighted by atomic mass is 79.9. The van der Waals surface area contributed by atoms with Gasteiger partial charge in [-0.05, 0) is 22.0 Å². The molecule has 0 unspecified atom stereocenters. The number of carbonyl (C=O) groups excluding carboxylic acids is 1. The van der Waals surface area contributed by atoms with Gasteiger partial charge in [-0.3, -0.25) is 4.79 Å². The Morgan fingerprint density at radius 3 is 2.50 bits per heavy atom. The van der Waals surface area contributed by atoms with Gasteiger partial charge in [-0.2, -0.15) is 0 Å². The van der Waals surface area contributed by atoms with E-state index in [1.54, 1.807) is 0 Å². The fourth-order valence-electron chi connectivity index (χ4n) is 1.07. The van der Waals surface area contributed by atoms with Gasteiger partial charge in [0.05, 0.1) is 17.1 Å². The molecule has 0 aliphatic carbocycles. The van der Waals surface area contributed by atoms with Crippen LogP contribution in [0.15, 0.2) is 10.5 Å². The Bertz CT molecular complexity index is 471. The standard InChI is InChI=1S/C9H6BrFO5/c1-16-8-5(11)4(10)2-3(6(8)12)7(13)9(14)15/h2,12H,1H3,(H,14,15). The molecule has 1 aromatic rings. The lowest BCUT2D eigenvalue weighted by molar-refractivity contribution is -0.131. The second kappa shape index (κ2) is 4.48. The largest absolute Gasteiger partial charge is 0.504 e. The van der Waals surface area contributed by atoms with Crippen molar-refractivity contribution >= 4 is 27.7 Å². The van der Waals surface area contributed by atoms with Gasteiger partial charge < -0.3 is 14.9 Å². The van der Waals surface area contributed by atoms with Gasteiger partial charge in [0.15, 0.2) is 17.3 Å². The number of carbonyl (C=O) groups is 2. The number of methoxy groups -OCH3 is 1. The number of rotatable bonds is 3. The molecule has 86 valence electrons. The summed E-state index contributed by atoms with van der Waals surface area (Å²) in [6.07, 6.45) is 0. The van der Waals surface area contributed by atoms with E-state index in [0.29, 0.717) is 0 Å². The van der Waals surface area contributed by atoms with Gasteiger partial charge in [-0.15, -0.1) is 0 Å². The third-order valence-electron chi connectivity index (χ3n) is 1.79. The highest BCUT2D eigenvalue weighted by molar-refractivity contribution is 9.10. The third-order valence-corrected chi connectivity index (χ3v) is 2.37. The number of carboxylic acids is 1. The highest BCUT2D eigenvalue weighted by Crippen LogP contribution is 2.37. The summed E-state index contributed by atoms with van der Waals surface area (Å²) in [7, 11) is 1.08. The summed E-state index contributed by atoms with van der Waals surface area (Å²) in [6, 6.07) is 0.879. The lowest BCUT2D eigenvalue weighted by Gasteiger charge is -2.09. The first kappa shape index (κ1) is 12.4. The van der Waals surface area contributed by atoms with E-state index in [4.69, 9.17) is 5.11 Å². The molecule has 7 heteroatoms. The smallest absolute Gasteiger partial charge is 0.377 e. The summed E-state index contributed by atoms with van der Waals surface area (Å²) in [6.45, 7) is 0. The zero-order valence-corrected chi connectivity index (χ0v) is 9.54. The van der Waals surface area contributed by atoms with Crippen LogP contribution in [0.2, 0.25) is 0 Å². The molecular weight excluding hydrogens is 287 g/mol. The van der Waals surface area contributed by atoms with Crippen molar-refractivity contribution in [3.05, 3.63) is 21.9 Å². The highest BCUT2D eigenvalue weighted by Gasteiger charge is 2.25. The number of carboxylic acid groups (broad SMARTS) is 1. The van der Waals surface area contributed by atoms with Crippen LogP contribution >= 0.6 is 15.9 Å². The van der Waals surface area contributed by atoms with Gasteiger partial charge in [0.1, 0.15) is 0 Å². The molecule has 0 saturated carbocycles. The zero-order valence-electron chi connectivity index (χ0n) is 7.95. The number of ether oxygens (including phenoxy) is 1. The van der Waals surface area contributed by atoms with Crippen molar-refractivity contribution in [2.75, 3.05) is 7.11 Å². The predicted molar refractivity (Wildman–Crippen MR) is 54.3 cm³/mol. The number of benzene rings is 1. The topological polar surface area (TPSA) is 83.8 Å². The maximum absolute atomic E-state index is 13.3. The minimum Gasteiger partial charge on any atom is -0.504 e. The maximum Gasteiger partial charge on any atom is 0.377 e. The molecule has 0 saturated heterocycles. The Morgan fingerprint density at radius 2 is 2.06 bits per heavy atom. The van der Waals surface area contributed by atoms with E-state index >= 15 is 0 Å². The molecule has 0 spiro atoms. The molecule has 0 fully saturated rings. The molecule has 2 N–H and O–H groups in total. The molecule has 0 atom stereocenters. The normalized spacial score (nSPS) is 9.94. The van der Waals surface area contributed by atoms with E-state index in [0.717, 1.165) is 13.2 Å². The molecule has 0 amide bonds. The van der Waals surface area contributed by atoms with Crippen molar-refractivity contribution in [2.24, 2.45) is 0 Å². The van der Waals surface area contributed by atoms with E-state index in [-0.39, 0.29) is 4.47 Å². The van der Waals surface area contributed by atoms with Crippen LogP contribution in [0.5, 0.6) is 11.5 Å². The third kappa shape index (κ3) is 1.99. The van der Waals surface area contributed by atoms with Gasteiger partial charge in [0.2, 0.25) is 0 Å². The lowest BCUT2D eigenvalue weighted by Crippen LogP contribution is -2.13. The number of ketones is 1. The van der Waals surface area contributed by atoms with Gasteiger partial charge in [-0.1, -0.05) is 0 Å². The van der Waals surface area contributed by atoms with Crippen molar-refractivity contribution in [1.29, 1.82) is 0 Å². The number of phenolic OH excluding ortho intramolecular Hbond substituents is 1. The van der Waals surface area contributed by atoms with Gasteiger partial charge in [0.25, 0.3) is 5.78 Å². The minimum atomic E-state index is -1.75. The first-order chi connectivity index (χ1) is 7.40. The summed E-state index contributed by atoms with van der Waals surface area (Å²) in [5, 5.41) is 17.9. The maximum atomic E-state index is 13.3. The number of phenols is 1. The Hall–Kier alpha value is -1.63. The Kier molecular flexibility index (Phi) is 3.48. The van der Waals surface area contributed by atoms with Crippen molar-refractivity contribution in [3.63, 3.8) is 0 Å². The summed E-state index contributed by atoms with van der Waals surface area (Å²) >= 11 is 2.78. The molecule has 0 bridgehead atoms. The van der Waals surface area contributed by atoms with Crippen LogP contribution in [-0.2, 0) is 4.79 Å². The van der Waals surface area contributed by atoms with Gasteiger partial charge in [0, 0.05) is 0 Å². The molecule has 16 heavy (non-hydrogen) atoms. The molecule has 1 rings (SSSR count). The SMILES string of the molecule is COc1c(O)c(C(=O)C(=O)O)cc(Br)c1F. The van der Waals surface area contributed by atoms with Crippen LogP contribution in [0, 0.1) is 5.82 Å². The van der Waals surface area contributed by atoms with Crippen LogP contribution in [0.3, 0.4) is 0 Å². The number of aliphatic carboxylic acids is 1. The molecule has 0 radical (unpaired) electrons. The van der Waals surface area contributed by atoms with Crippen molar-refractivity contribution in [3.8, 4) is 11.5 Å². The Balaban J connectivity index is 3.48. The molecule has 0 aromatic heterocycles. The Labute approximate surface area is 97.6 Å². The molecular formula is C9H6BrFO5. The number of Topliss-reactive ketones (excluding diaryl/α,β-unsaturated/α-hetero) is 1. The van der Waals surface area contributed by atoms with E-state index in [2.05, 4.69) is 20.7 Å². The van der Waals surface area contributed by atoms with Crippen LogP contribution in [0.1, 0.15) is 10.4 Å². The molecule has 0 aliphatic rings. The zero-order chi connectivity index (χ0) is 12.5. The quantitative estimate of drug-likeness (QED) is 0.653. The van der Waals surface area contributed by atoms with E-state index in [1.807, 2.05) is 0 Å². The Morgan fingerprint density at radius 1 is 1.50 bits per heavy atom. The molecule has 0 aliphatic heterocycles. The van der Waals surface area contributed by atoms with Crippen LogP contribution in [0.25, 0.3) is 0 Å². The average molecular weight is 293 g/mol. The van der Waals surface area contributed by atoms with E-state index in [1.165, 1.54) is 0 Å². The van der Waals surface area contributed by atoms with Gasteiger partial charge in [-0.25, -0.2) is 9.18 Å². The fourth-order valence-corrected chi connectivity index (χ4v) is 1.48. The number of hydrogen-bond donors (Lipinski definition) is 2. The number of aromatic hydroxyl groups is 1. The molecule has 5 nitrogen and oxygen atoms in total. The van der Waals surface area contributed by atoms with Crippen LogP contribution < -0.4 is 4.74 Å². The molecule has 0 heterocycles. The summed E-state index contributed by atoms with van der Waals surface area (Å²) < 4.78 is 17.7. The predicted octanol–water partition coefficient (Wildman–Crippen LogP) is 1.57. The average Bonchev–Trinajstić information content (AvgIpc) is 2.23. The van der Waals surface area contributed by atoms with Gasteiger partial charge >= 0.3 is 5.97 Å². The lowest BCUT2D eigenvalue weighted by atomic mass is 10.1. The van der Waals surface area contributed by atoms with E-state index < -0.39 is 34.6 Å². The van der Waals surface area contributed by atoms with Crippen LogP contribution in [-0.4, -0.2) is 29.1 Å².